The van der Waals surface area contributed by atoms with E-state index in [0.717, 1.165) is 22.3 Å². The molecule has 2 aromatic rings. The molecule has 1 aliphatic rings. The highest BCUT2D eigenvalue weighted by Crippen LogP contribution is 2.44. The second-order valence-corrected chi connectivity index (χ2v) is 7.10. The van der Waals surface area contributed by atoms with Crippen LogP contribution >= 0.6 is 0 Å². The number of fused-ring (bicyclic) bond motifs is 3. The molecule has 3 rings (SSSR count). The van der Waals surface area contributed by atoms with Gasteiger partial charge in [-0.2, -0.15) is 0 Å². The summed E-state index contributed by atoms with van der Waals surface area (Å²) in [5.74, 6) is 3.68. The zero-order valence-electron chi connectivity index (χ0n) is 17.2. The van der Waals surface area contributed by atoms with E-state index in [-0.39, 0.29) is 31.9 Å². The first-order chi connectivity index (χ1) is 15.0. The minimum atomic E-state index is -1.06. The SMILES string of the molecule is CC#CCNC(=O)C(CCC(=O)O)NC(=O)OCC1c2ccccc2-c2ccccc21. The molecule has 7 nitrogen and oxygen atoms in total. The molecule has 0 saturated heterocycles. The number of carboxylic acids is 1. The zero-order valence-corrected chi connectivity index (χ0v) is 17.2. The third kappa shape index (κ3) is 5.43. The van der Waals surface area contributed by atoms with Gasteiger partial charge in [-0.05, 0) is 35.6 Å². The number of alkyl carbamates (subject to hydrolysis) is 1. The van der Waals surface area contributed by atoms with Crippen LogP contribution in [0.25, 0.3) is 11.1 Å². The summed E-state index contributed by atoms with van der Waals surface area (Å²) in [5, 5.41) is 14.0. The van der Waals surface area contributed by atoms with Crippen LogP contribution in [0.5, 0.6) is 0 Å². The molecule has 0 aliphatic heterocycles. The van der Waals surface area contributed by atoms with Gasteiger partial charge in [-0.15, -0.1) is 5.92 Å². The summed E-state index contributed by atoms with van der Waals surface area (Å²) in [5.41, 5.74) is 4.38. The van der Waals surface area contributed by atoms with Gasteiger partial charge < -0.3 is 20.5 Å². The van der Waals surface area contributed by atoms with Crippen molar-refractivity contribution in [1.82, 2.24) is 10.6 Å². The van der Waals surface area contributed by atoms with E-state index in [4.69, 9.17) is 9.84 Å². The van der Waals surface area contributed by atoms with Crippen LogP contribution in [-0.2, 0) is 14.3 Å². The first kappa shape index (κ1) is 21.9. The van der Waals surface area contributed by atoms with E-state index in [1.165, 1.54) is 0 Å². The van der Waals surface area contributed by atoms with E-state index in [0.29, 0.717) is 0 Å². The number of nitrogens with one attached hydrogen (secondary N) is 2. The Balaban J connectivity index is 1.65. The van der Waals surface area contributed by atoms with Crippen molar-refractivity contribution in [2.24, 2.45) is 0 Å². The molecule has 7 heteroatoms. The molecular weight excluding hydrogens is 396 g/mol. The second-order valence-electron chi connectivity index (χ2n) is 7.10. The smallest absolute Gasteiger partial charge is 0.407 e. The maximum absolute atomic E-state index is 12.4. The normalized spacial score (nSPS) is 12.5. The predicted octanol–water partition coefficient (Wildman–Crippen LogP) is 2.90. The molecule has 160 valence electrons. The van der Waals surface area contributed by atoms with Crippen molar-refractivity contribution in [3.05, 3.63) is 59.7 Å². The average Bonchev–Trinajstić information content (AvgIpc) is 3.09. The summed E-state index contributed by atoms with van der Waals surface area (Å²) >= 11 is 0. The van der Waals surface area contributed by atoms with E-state index in [9.17, 15) is 14.4 Å². The number of ether oxygens (including phenoxy) is 1. The van der Waals surface area contributed by atoms with E-state index in [2.05, 4.69) is 22.5 Å². The number of hydrogen-bond acceptors (Lipinski definition) is 4. The van der Waals surface area contributed by atoms with Crippen LogP contribution in [-0.4, -0.2) is 42.3 Å². The van der Waals surface area contributed by atoms with Crippen LogP contribution in [0.4, 0.5) is 4.79 Å². The number of benzene rings is 2. The number of carbonyl (C=O) groups excluding carboxylic acids is 2. The minimum Gasteiger partial charge on any atom is -0.481 e. The lowest BCUT2D eigenvalue weighted by Gasteiger charge is -2.19. The Labute approximate surface area is 180 Å². The fourth-order valence-electron chi connectivity index (χ4n) is 3.66. The van der Waals surface area contributed by atoms with Gasteiger partial charge in [0.05, 0.1) is 6.54 Å². The molecule has 0 heterocycles. The molecule has 31 heavy (non-hydrogen) atoms. The maximum atomic E-state index is 12.4. The fraction of sp³-hybridized carbons (Fsp3) is 0.292. The van der Waals surface area contributed by atoms with E-state index in [1.54, 1.807) is 6.92 Å². The Bertz CT molecular complexity index is 992. The quantitative estimate of drug-likeness (QED) is 0.570. The topological polar surface area (TPSA) is 105 Å². The van der Waals surface area contributed by atoms with Crippen molar-refractivity contribution >= 4 is 18.0 Å². The van der Waals surface area contributed by atoms with Crippen molar-refractivity contribution in [3.63, 3.8) is 0 Å². The van der Waals surface area contributed by atoms with Crippen LogP contribution in [0.15, 0.2) is 48.5 Å². The molecule has 0 fully saturated rings. The Morgan fingerprint density at radius 2 is 1.68 bits per heavy atom. The fourth-order valence-corrected chi connectivity index (χ4v) is 3.66. The minimum absolute atomic E-state index is 0.0507. The van der Waals surface area contributed by atoms with E-state index < -0.39 is 24.0 Å². The number of carboxylic acid groups (broad SMARTS) is 1. The first-order valence-corrected chi connectivity index (χ1v) is 10.0. The van der Waals surface area contributed by atoms with Crippen LogP contribution in [0, 0.1) is 11.8 Å². The number of aliphatic carboxylic acids is 1. The van der Waals surface area contributed by atoms with E-state index in [1.807, 2.05) is 48.5 Å². The Morgan fingerprint density at radius 1 is 1.06 bits per heavy atom. The van der Waals surface area contributed by atoms with Crippen molar-refractivity contribution in [2.75, 3.05) is 13.2 Å². The van der Waals surface area contributed by atoms with Gasteiger partial charge in [0.2, 0.25) is 5.91 Å². The third-order valence-corrected chi connectivity index (χ3v) is 5.13. The maximum Gasteiger partial charge on any atom is 0.407 e. The molecule has 1 unspecified atom stereocenters. The van der Waals surface area contributed by atoms with Gasteiger partial charge in [0.15, 0.2) is 0 Å². The molecule has 0 spiro atoms. The molecule has 1 atom stereocenters. The lowest BCUT2D eigenvalue weighted by atomic mass is 9.98. The van der Waals surface area contributed by atoms with Crippen LogP contribution < -0.4 is 10.6 Å². The third-order valence-electron chi connectivity index (χ3n) is 5.13. The number of amides is 2. The van der Waals surface area contributed by atoms with Gasteiger partial charge in [-0.3, -0.25) is 9.59 Å². The highest BCUT2D eigenvalue weighted by atomic mass is 16.5. The highest BCUT2D eigenvalue weighted by molar-refractivity contribution is 5.86. The summed E-state index contributed by atoms with van der Waals surface area (Å²) in [6.45, 7) is 1.86. The molecule has 0 radical (unpaired) electrons. The Kier molecular flexibility index (Phi) is 7.28. The zero-order chi connectivity index (χ0) is 22.2. The molecule has 0 aromatic heterocycles. The summed E-state index contributed by atoms with van der Waals surface area (Å²) in [6.07, 6.45) is -1.08. The number of carbonyl (C=O) groups is 3. The summed E-state index contributed by atoms with van der Waals surface area (Å²) < 4.78 is 5.45. The van der Waals surface area contributed by atoms with Crippen molar-refractivity contribution in [3.8, 4) is 23.0 Å². The molecule has 1 aliphatic carbocycles. The van der Waals surface area contributed by atoms with Crippen molar-refractivity contribution in [2.45, 2.75) is 31.7 Å². The standard InChI is InChI=1S/C24H24N2O5/c1-2-3-14-25-23(29)21(12-13-22(27)28)26-24(30)31-15-20-18-10-6-4-8-16(18)17-9-5-7-11-19(17)20/h4-11,20-21H,12-15H2,1H3,(H,25,29)(H,26,30)(H,27,28). The van der Waals surface area contributed by atoms with Crippen molar-refractivity contribution in [1.29, 1.82) is 0 Å². The van der Waals surface area contributed by atoms with Crippen LogP contribution in [0.1, 0.15) is 36.8 Å². The van der Waals surface area contributed by atoms with Gasteiger partial charge in [0.25, 0.3) is 0 Å². The Hall–Kier alpha value is -3.79. The Morgan fingerprint density at radius 3 is 2.26 bits per heavy atom. The number of rotatable bonds is 8. The highest BCUT2D eigenvalue weighted by Gasteiger charge is 2.29. The average molecular weight is 420 g/mol. The van der Waals surface area contributed by atoms with Gasteiger partial charge in [0.1, 0.15) is 12.6 Å². The molecule has 3 N–H and O–H groups in total. The van der Waals surface area contributed by atoms with Gasteiger partial charge in [-0.25, -0.2) is 4.79 Å². The lowest BCUT2D eigenvalue weighted by Crippen LogP contribution is -2.47. The van der Waals surface area contributed by atoms with Gasteiger partial charge in [-0.1, -0.05) is 54.5 Å². The summed E-state index contributed by atoms with van der Waals surface area (Å²) in [4.78, 5) is 35.6. The van der Waals surface area contributed by atoms with Gasteiger partial charge in [0, 0.05) is 12.3 Å². The second kappa shape index (κ2) is 10.3. The molecule has 2 amide bonds. The van der Waals surface area contributed by atoms with Crippen molar-refractivity contribution < 1.29 is 24.2 Å². The number of hydrogen-bond donors (Lipinski definition) is 3. The molecular formula is C24H24N2O5. The largest absolute Gasteiger partial charge is 0.481 e. The molecule has 2 aromatic carbocycles. The predicted molar refractivity (Wildman–Crippen MR) is 115 cm³/mol. The molecule has 0 saturated carbocycles. The summed E-state index contributed by atoms with van der Waals surface area (Å²) in [6, 6.07) is 14.9. The monoisotopic (exact) mass is 420 g/mol. The van der Waals surface area contributed by atoms with Crippen LogP contribution in [0.2, 0.25) is 0 Å². The van der Waals surface area contributed by atoms with E-state index >= 15 is 0 Å². The lowest BCUT2D eigenvalue weighted by molar-refractivity contribution is -0.137. The summed E-state index contributed by atoms with van der Waals surface area (Å²) in [7, 11) is 0. The van der Waals surface area contributed by atoms with Crippen LogP contribution in [0.3, 0.4) is 0 Å². The first-order valence-electron chi connectivity index (χ1n) is 10.0. The molecule has 0 bridgehead atoms. The van der Waals surface area contributed by atoms with Gasteiger partial charge >= 0.3 is 12.1 Å².